The number of hydrogen-bond acceptors (Lipinski definition) is 5. The van der Waals surface area contributed by atoms with Crippen molar-refractivity contribution in [3.8, 4) is 11.5 Å². The molecule has 0 fully saturated rings. The first-order valence-corrected chi connectivity index (χ1v) is 4.85. The molecule has 0 saturated heterocycles. The van der Waals surface area contributed by atoms with Crippen molar-refractivity contribution >= 4 is 21.9 Å². The number of carbonyl (C=O) groups is 1. The quantitative estimate of drug-likeness (QED) is 0.564. The second-order valence-electron chi connectivity index (χ2n) is 2.88. The number of aromatic hydroxyl groups is 2. The standard InChI is InChI=1S/C9H8BrFO5/c1-16-9(15)8(14)5-3(11)2-4(12)7(13)6(5)10/h2,8,12-14H,1H3. The summed E-state index contributed by atoms with van der Waals surface area (Å²) >= 11 is 2.76. The molecule has 3 N–H and O–H groups in total. The average Bonchev–Trinajstić information content (AvgIpc) is 2.24. The van der Waals surface area contributed by atoms with Gasteiger partial charge in [0.05, 0.1) is 11.6 Å². The Balaban J connectivity index is 3.34. The Kier molecular flexibility index (Phi) is 3.71. The molecule has 0 aromatic heterocycles. The minimum atomic E-state index is -1.88. The molecular weight excluding hydrogens is 287 g/mol. The van der Waals surface area contributed by atoms with Crippen LogP contribution >= 0.6 is 15.9 Å². The van der Waals surface area contributed by atoms with E-state index in [2.05, 4.69) is 20.7 Å². The molecule has 1 unspecified atom stereocenters. The van der Waals surface area contributed by atoms with Gasteiger partial charge in [-0.05, 0) is 15.9 Å². The van der Waals surface area contributed by atoms with Crippen LogP contribution in [0.2, 0.25) is 0 Å². The normalized spacial score (nSPS) is 12.2. The van der Waals surface area contributed by atoms with E-state index in [-0.39, 0.29) is 4.47 Å². The molecule has 16 heavy (non-hydrogen) atoms. The Hall–Kier alpha value is -1.34. The first kappa shape index (κ1) is 12.7. The van der Waals surface area contributed by atoms with E-state index in [9.17, 15) is 19.4 Å². The molecule has 0 bridgehead atoms. The fraction of sp³-hybridized carbons (Fsp3) is 0.222. The molecule has 7 heteroatoms. The van der Waals surface area contributed by atoms with Gasteiger partial charge >= 0.3 is 5.97 Å². The molecular formula is C9H8BrFO5. The molecule has 1 aromatic rings. The predicted molar refractivity (Wildman–Crippen MR) is 54.4 cm³/mol. The Morgan fingerprint density at radius 1 is 1.56 bits per heavy atom. The highest BCUT2D eigenvalue weighted by Crippen LogP contribution is 2.40. The van der Waals surface area contributed by atoms with Crippen molar-refractivity contribution in [3.63, 3.8) is 0 Å². The number of phenols is 2. The maximum atomic E-state index is 13.4. The van der Waals surface area contributed by atoms with Gasteiger partial charge in [-0.3, -0.25) is 0 Å². The van der Waals surface area contributed by atoms with Crippen molar-refractivity contribution in [1.82, 2.24) is 0 Å². The molecule has 0 spiro atoms. The number of ether oxygens (including phenoxy) is 1. The summed E-state index contributed by atoms with van der Waals surface area (Å²) in [6, 6.07) is 0.585. The third-order valence-electron chi connectivity index (χ3n) is 1.91. The molecule has 0 heterocycles. The second-order valence-corrected chi connectivity index (χ2v) is 3.67. The van der Waals surface area contributed by atoms with Gasteiger partial charge in [0.1, 0.15) is 5.82 Å². The number of carbonyl (C=O) groups excluding carboxylic acids is 1. The zero-order valence-corrected chi connectivity index (χ0v) is 9.65. The van der Waals surface area contributed by atoms with Crippen molar-refractivity contribution in [2.75, 3.05) is 7.11 Å². The van der Waals surface area contributed by atoms with Gasteiger partial charge in [-0.2, -0.15) is 0 Å². The third kappa shape index (κ3) is 2.10. The summed E-state index contributed by atoms with van der Waals surface area (Å²) in [6.07, 6.45) is -1.88. The van der Waals surface area contributed by atoms with Gasteiger partial charge in [0.2, 0.25) is 0 Å². The van der Waals surface area contributed by atoms with Crippen LogP contribution < -0.4 is 0 Å². The van der Waals surface area contributed by atoms with Crippen molar-refractivity contribution in [2.45, 2.75) is 6.10 Å². The summed E-state index contributed by atoms with van der Waals surface area (Å²) in [4.78, 5) is 11.0. The molecule has 0 radical (unpaired) electrons. The number of esters is 1. The van der Waals surface area contributed by atoms with Gasteiger partial charge < -0.3 is 20.1 Å². The number of aliphatic hydroxyl groups excluding tert-OH is 1. The fourth-order valence-corrected chi connectivity index (χ4v) is 1.70. The van der Waals surface area contributed by atoms with Crippen LogP contribution in [-0.4, -0.2) is 28.4 Å². The Labute approximate surface area is 98.2 Å². The number of rotatable bonds is 2. The summed E-state index contributed by atoms with van der Waals surface area (Å²) in [5, 5.41) is 27.8. The van der Waals surface area contributed by atoms with E-state index in [1.165, 1.54) is 0 Å². The predicted octanol–water partition coefficient (Wildman–Crippen LogP) is 1.21. The van der Waals surface area contributed by atoms with Gasteiger partial charge in [-0.1, -0.05) is 0 Å². The van der Waals surface area contributed by atoms with E-state index in [1.54, 1.807) is 0 Å². The second kappa shape index (κ2) is 4.67. The lowest BCUT2D eigenvalue weighted by atomic mass is 10.1. The Morgan fingerprint density at radius 3 is 2.62 bits per heavy atom. The number of halogens is 2. The zero-order chi connectivity index (χ0) is 12.5. The summed E-state index contributed by atoms with van der Waals surface area (Å²) in [6.45, 7) is 0. The van der Waals surface area contributed by atoms with Crippen LogP contribution in [0.4, 0.5) is 4.39 Å². The lowest BCUT2D eigenvalue weighted by Crippen LogP contribution is -2.15. The Bertz CT molecular complexity index is 434. The zero-order valence-electron chi connectivity index (χ0n) is 8.07. The molecule has 0 aliphatic heterocycles. The van der Waals surface area contributed by atoms with E-state index in [1.807, 2.05) is 0 Å². The number of hydrogen-bond donors (Lipinski definition) is 3. The molecule has 1 atom stereocenters. The number of methoxy groups -OCH3 is 1. The van der Waals surface area contributed by atoms with E-state index >= 15 is 0 Å². The van der Waals surface area contributed by atoms with Crippen LogP contribution in [0.5, 0.6) is 11.5 Å². The third-order valence-corrected chi connectivity index (χ3v) is 2.71. The first-order chi connectivity index (χ1) is 7.40. The molecule has 88 valence electrons. The number of benzene rings is 1. The van der Waals surface area contributed by atoms with Gasteiger partial charge in [0, 0.05) is 11.6 Å². The van der Waals surface area contributed by atoms with Crippen molar-refractivity contribution in [2.24, 2.45) is 0 Å². The van der Waals surface area contributed by atoms with Crippen LogP contribution in [0.15, 0.2) is 10.5 Å². The highest BCUT2D eigenvalue weighted by Gasteiger charge is 2.27. The first-order valence-electron chi connectivity index (χ1n) is 4.05. The lowest BCUT2D eigenvalue weighted by molar-refractivity contribution is -0.150. The van der Waals surface area contributed by atoms with Gasteiger partial charge in [-0.25, -0.2) is 9.18 Å². The van der Waals surface area contributed by atoms with Crippen molar-refractivity contribution in [1.29, 1.82) is 0 Å². The van der Waals surface area contributed by atoms with E-state index < -0.39 is 35.0 Å². The number of phenolic OH excluding ortho intramolecular Hbond substituents is 2. The molecule has 0 aliphatic carbocycles. The monoisotopic (exact) mass is 294 g/mol. The van der Waals surface area contributed by atoms with Gasteiger partial charge in [0.25, 0.3) is 0 Å². The van der Waals surface area contributed by atoms with Crippen LogP contribution in [0.3, 0.4) is 0 Å². The maximum Gasteiger partial charge on any atom is 0.339 e. The largest absolute Gasteiger partial charge is 0.504 e. The topological polar surface area (TPSA) is 87.0 Å². The van der Waals surface area contributed by atoms with Gasteiger partial charge in [0.15, 0.2) is 17.6 Å². The molecule has 1 rings (SSSR count). The molecule has 0 saturated carbocycles. The van der Waals surface area contributed by atoms with Crippen LogP contribution in [0, 0.1) is 5.82 Å². The van der Waals surface area contributed by atoms with Crippen molar-refractivity contribution in [3.05, 3.63) is 21.9 Å². The SMILES string of the molecule is COC(=O)C(O)c1c(F)cc(O)c(O)c1Br. The van der Waals surface area contributed by atoms with Crippen LogP contribution in [0.1, 0.15) is 11.7 Å². The summed E-state index contributed by atoms with van der Waals surface area (Å²) in [7, 11) is 1.03. The molecule has 1 aromatic carbocycles. The van der Waals surface area contributed by atoms with Crippen LogP contribution in [0.25, 0.3) is 0 Å². The highest BCUT2D eigenvalue weighted by atomic mass is 79.9. The van der Waals surface area contributed by atoms with Crippen LogP contribution in [-0.2, 0) is 9.53 Å². The minimum Gasteiger partial charge on any atom is -0.504 e. The van der Waals surface area contributed by atoms with E-state index in [0.717, 1.165) is 7.11 Å². The smallest absolute Gasteiger partial charge is 0.339 e. The average molecular weight is 295 g/mol. The maximum absolute atomic E-state index is 13.4. The highest BCUT2D eigenvalue weighted by molar-refractivity contribution is 9.10. The van der Waals surface area contributed by atoms with Gasteiger partial charge in [-0.15, -0.1) is 0 Å². The molecule has 0 aliphatic rings. The van der Waals surface area contributed by atoms with E-state index in [0.29, 0.717) is 6.07 Å². The molecule has 0 amide bonds. The van der Waals surface area contributed by atoms with Crippen molar-refractivity contribution < 1.29 is 29.2 Å². The van der Waals surface area contributed by atoms with E-state index in [4.69, 9.17) is 5.11 Å². The summed E-state index contributed by atoms with van der Waals surface area (Å²) < 4.78 is 17.3. The Morgan fingerprint density at radius 2 is 2.12 bits per heavy atom. The number of aliphatic hydroxyl groups is 1. The fourth-order valence-electron chi connectivity index (χ4n) is 1.09. The summed E-state index contributed by atoms with van der Waals surface area (Å²) in [5.74, 6) is -3.49. The lowest BCUT2D eigenvalue weighted by Gasteiger charge is -2.13. The molecule has 5 nitrogen and oxygen atoms in total. The summed E-state index contributed by atoms with van der Waals surface area (Å²) in [5.41, 5.74) is -0.498. The minimum absolute atomic E-state index is 0.303.